The van der Waals surface area contributed by atoms with Gasteiger partial charge in [0.2, 0.25) is 5.95 Å². The van der Waals surface area contributed by atoms with E-state index in [9.17, 15) is 13.6 Å². The van der Waals surface area contributed by atoms with Gasteiger partial charge in [0.1, 0.15) is 17.7 Å². The maximum atomic E-state index is 14.3. The van der Waals surface area contributed by atoms with Crippen LogP contribution in [0.5, 0.6) is 0 Å². The average Bonchev–Trinajstić information content (AvgIpc) is 2.76. The molecule has 0 radical (unpaired) electrons. The molecule has 0 spiro atoms. The second-order valence-electron chi connectivity index (χ2n) is 7.20. The zero-order valence-electron chi connectivity index (χ0n) is 16.0. The van der Waals surface area contributed by atoms with E-state index in [0.717, 1.165) is 0 Å². The number of carbonyl (C=O) groups is 1. The minimum absolute atomic E-state index is 0.149. The zero-order valence-corrected chi connectivity index (χ0v) is 16.0. The number of amides is 1. The highest BCUT2D eigenvalue weighted by Gasteiger charge is 2.39. The first-order chi connectivity index (χ1) is 14.5. The van der Waals surface area contributed by atoms with E-state index in [4.69, 9.17) is 5.73 Å². The molecule has 1 fully saturated rings. The van der Waals surface area contributed by atoms with E-state index in [0.29, 0.717) is 29.9 Å². The standard InChI is InChI=1S/C21H20F2N6O/c22-16-4-3-14(16)15(19-17(23)2-1-6-26-19)11-29-21-27-9-13(10-28-21)12-5-7-25-18(8-12)20(24)30/h1-2,5-10,14-16H,3-4,11H2,(H2,24,30)(H,27,28,29)/t14?,15-,16-/m0/s1. The van der Waals surface area contributed by atoms with Crippen molar-refractivity contribution >= 4 is 11.9 Å². The lowest BCUT2D eigenvalue weighted by Gasteiger charge is -2.37. The maximum absolute atomic E-state index is 14.3. The molecule has 1 aliphatic carbocycles. The van der Waals surface area contributed by atoms with Gasteiger partial charge in [-0.25, -0.2) is 18.7 Å². The summed E-state index contributed by atoms with van der Waals surface area (Å²) in [6.07, 6.45) is 6.39. The number of nitrogens with one attached hydrogen (secondary N) is 1. The lowest BCUT2D eigenvalue weighted by Crippen LogP contribution is -2.37. The average molecular weight is 410 g/mol. The van der Waals surface area contributed by atoms with Gasteiger partial charge in [-0.2, -0.15) is 0 Å². The van der Waals surface area contributed by atoms with Crippen molar-refractivity contribution in [2.45, 2.75) is 24.9 Å². The minimum atomic E-state index is -0.965. The third kappa shape index (κ3) is 4.10. The molecule has 0 aromatic carbocycles. The van der Waals surface area contributed by atoms with E-state index >= 15 is 0 Å². The van der Waals surface area contributed by atoms with Crippen molar-refractivity contribution in [1.82, 2.24) is 19.9 Å². The molecule has 4 rings (SSSR count). The van der Waals surface area contributed by atoms with Gasteiger partial charge in [0, 0.05) is 48.7 Å². The Hall–Kier alpha value is -3.49. The number of nitrogens with zero attached hydrogens (tertiary/aromatic N) is 4. The van der Waals surface area contributed by atoms with Crippen LogP contribution in [-0.4, -0.2) is 38.6 Å². The highest BCUT2D eigenvalue weighted by Crippen LogP contribution is 2.41. The molecule has 1 saturated carbocycles. The molecule has 1 unspecified atom stereocenters. The smallest absolute Gasteiger partial charge is 0.267 e. The number of primary amides is 1. The van der Waals surface area contributed by atoms with Gasteiger partial charge in [-0.3, -0.25) is 14.8 Å². The van der Waals surface area contributed by atoms with Crippen LogP contribution in [0.1, 0.15) is 34.9 Å². The van der Waals surface area contributed by atoms with Crippen molar-refractivity contribution in [3.05, 3.63) is 66.3 Å². The Morgan fingerprint density at radius 3 is 2.57 bits per heavy atom. The molecule has 3 aromatic rings. The SMILES string of the molecule is NC(=O)c1cc(-c2cnc(NC[C@H](c3ncccc3F)C3CC[C@@H]3F)nc2)ccn1. The molecule has 7 nitrogen and oxygen atoms in total. The number of aromatic nitrogens is 4. The summed E-state index contributed by atoms with van der Waals surface area (Å²) in [6, 6.07) is 6.13. The van der Waals surface area contributed by atoms with Crippen molar-refractivity contribution in [2.75, 3.05) is 11.9 Å². The topological polar surface area (TPSA) is 107 Å². The van der Waals surface area contributed by atoms with Crippen LogP contribution in [0, 0.1) is 11.7 Å². The highest BCUT2D eigenvalue weighted by molar-refractivity contribution is 5.91. The fraction of sp³-hybridized carbons (Fsp3) is 0.286. The van der Waals surface area contributed by atoms with Gasteiger partial charge in [0.05, 0.1) is 5.69 Å². The third-order valence-electron chi connectivity index (χ3n) is 5.37. The molecule has 30 heavy (non-hydrogen) atoms. The number of anilines is 1. The Balaban J connectivity index is 1.49. The van der Waals surface area contributed by atoms with Gasteiger partial charge in [-0.1, -0.05) is 0 Å². The van der Waals surface area contributed by atoms with Crippen LogP contribution in [0.15, 0.2) is 49.1 Å². The number of rotatable bonds is 7. The quantitative estimate of drug-likeness (QED) is 0.620. The summed E-state index contributed by atoms with van der Waals surface area (Å²) in [5.41, 5.74) is 7.05. The molecule has 154 valence electrons. The normalized spacial score (nSPS) is 19.0. The zero-order chi connectivity index (χ0) is 21.1. The van der Waals surface area contributed by atoms with Gasteiger partial charge < -0.3 is 11.1 Å². The minimum Gasteiger partial charge on any atom is -0.364 e. The number of carbonyl (C=O) groups excluding carboxylic acids is 1. The number of hydrogen-bond acceptors (Lipinski definition) is 6. The summed E-state index contributed by atoms with van der Waals surface area (Å²) in [5, 5.41) is 3.07. The van der Waals surface area contributed by atoms with Crippen LogP contribution in [-0.2, 0) is 0 Å². The summed E-state index contributed by atoms with van der Waals surface area (Å²) < 4.78 is 28.3. The first-order valence-corrected chi connectivity index (χ1v) is 9.59. The third-order valence-corrected chi connectivity index (χ3v) is 5.37. The number of pyridine rings is 2. The predicted octanol–water partition coefficient (Wildman–Crippen LogP) is 3.12. The molecule has 1 aliphatic rings. The van der Waals surface area contributed by atoms with E-state index in [1.54, 1.807) is 24.5 Å². The Kier molecular flexibility index (Phi) is 5.60. The van der Waals surface area contributed by atoms with Crippen LogP contribution in [0.4, 0.5) is 14.7 Å². The van der Waals surface area contributed by atoms with Crippen LogP contribution in [0.25, 0.3) is 11.1 Å². The van der Waals surface area contributed by atoms with Gasteiger partial charge in [-0.15, -0.1) is 0 Å². The Morgan fingerprint density at radius 1 is 1.13 bits per heavy atom. The second-order valence-corrected chi connectivity index (χ2v) is 7.20. The number of hydrogen-bond donors (Lipinski definition) is 2. The molecular weight excluding hydrogens is 390 g/mol. The van der Waals surface area contributed by atoms with Crippen LogP contribution in [0.3, 0.4) is 0 Å². The first-order valence-electron chi connectivity index (χ1n) is 9.59. The molecular formula is C21H20F2N6O. The number of halogens is 2. The van der Waals surface area contributed by atoms with E-state index in [1.807, 2.05) is 0 Å². The number of nitrogens with two attached hydrogens (primary N) is 1. The Bertz CT molecular complexity index is 1050. The lowest BCUT2D eigenvalue weighted by molar-refractivity contribution is 0.0893. The molecule has 0 saturated heterocycles. The number of alkyl halides is 1. The molecule has 3 heterocycles. The van der Waals surface area contributed by atoms with Gasteiger partial charge >= 0.3 is 0 Å². The Morgan fingerprint density at radius 2 is 1.93 bits per heavy atom. The van der Waals surface area contributed by atoms with Gasteiger partial charge in [0.25, 0.3) is 5.91 Å². The Labute approximate surface area is 171 Å². The van der Waals surface area contributed by atoms with Crippen LogP contribution < -0.4 is 11.1 Å². The monoisotopic (exact) mass is 410 g/mol. The van der Waals surface area contributed by atoms with Crippen molar-refractivity contribution in [1.29, 1.82) is 0 Å². The predicted molar refractivity (Wildman–Crippen MR) is 107 cm³/mol. The summed E-state index contributed by atoms with van der Waals surface area (Å²) in [6.45, 7) is 0.263. The van der Waals surface area contributed by atoms with E-state index in [2.05, 4.69) is 25.3 Å². The molecule has 3 atom stereocenters. The van der Waals surface area contributed by atoms with Gasteiger partial charge in [-0.05, 0) is 42.7 Å². The summed E-state index contributed by atoms with van der Waals surface area (Å²) >= 11 is 0. The van der Waals surface area contributed by atoms with E-state index in [1.165, 1.54) is 24.5 Å². The molecule has 3 aromatic heterocycles. The van der Waals surface area contributed by atoms with Crippen molar-refractivity contribution in [2.24, 2.45) is 11.7 Å². The largest absolute Gasteiger partial charge is 0.364 e. The fourth-order valence-electron chi connectivity index (χ4n) is 3.57. The summed E-state index contributed by atoms with van der Waals surface area (Å²) in [5.74, 6) is -1.44. The van der Waals surface area contributed by atoms with Gasteiger partial charge in [0.15, 0.2) is 0 Å². The highest BCUT2D eigenvalue weighted by atomic mass is 19.1. The second kappa shape index (κ2) is 8.48. The molecule has 0 bridgehead atoms. The van der Waals surface area contributed by atoms with Crippen molar-refractivity contribution < 1.29 is 13.6 Å². The van der Waals surface area contributed by atoms with E-state index < -0.39 is 23.8 Å². The maximum Gasteiger partial charge on any atom is 0.267 e. The molecule has 9 heteroatoms. The summed E-state index contributed by atoms with van der Waals surface area (Å²) in [7, 11) is 0. The van der Waals surface area contributed by atoms with Crippen molar-refractivity contribution in [3.63, 3.8) is 0 Å². The first kappa shape index (κ1) is 19.8. The summed E-state index contributed by atoms with van der Waals surface area (Å²) in [4.78, 5) is 27.9. The van der Waals surface area contributed by atoms with Crippen molar-refractivity contribution in [3.8, 4) is 11.1 Å². The molecule has 3 N–H and O–H groups in total. The van der Waals surface area contributed by atoms with Crippen LogP contribution >= 0.6 is 0 Å². The fourth-order valence-corrected chi connectivity index (χ4v) is 3.57. The lowest BCUT2D eigenvalue weighted by atomic mass is 9.72. The van der Waals surface area contributed by atoms with Crippen LogP contribution in [0.2, 0.25) is 0 Å². The molecule has 1 amide bonds. The molecule has 0 aliphatic heterocycles. The van der Waals surface area contributed by atoms with E-state index in [-0.39, 0.29) is 23.9 Å².